The number of hydrogen-bond donors (Lipinski definition) is 1. The Balaban J connectivity index is 2.25. The lowest BCUT2D eigenvalue weighted by molar-refractivity contribution is 0.451. The second-order valence-electron chi connectivity index (χ2n) is 5.79. The maximum Gasteiger partial charge on any atom is 0.138 e. The highest BCUT2D eigenvalue weighted by Gasteiger charge is 2.24. The molecule has 0 bridgehead atoms. The van der Waals surface area contributed by atoms with Crippen LogP contribution in [0.4, 0.5) is 0 Å². The van der Waals surface area contributed by atoms with E-state index in [0.29, 0.717) is 6.42 Å². The molecule has 1 heterocycles. The summed E-state index contributed by atoms with van der Waals surface area (Å²) in [6.45, 7) is 9.32. The Labute approximate surface area is 121 Å². The van der Waals surface area contributed by atoms with Crippen LogP contribution in [0.25, 0.3) is 0 Å². The van der Waals surface area contributed by atoms with Crippen molar-refractivity contribution in [2.24, 2.45) is 5.73 Å². The number of nitrogens with two attached hydrogens (primary N) is 1. The Hall–Kier alpha value is -1.68. The van der Waals surface area contributed by atoms with Crippen LogP contribution < -0.4 is 5.73 Å². The highest BCUT2D eigenvalue weighted by Crippen LogP contribution is 2.24. The third-order valence-corrected chi connectivity index (χ3v) is 3.82. The standard InChI is InChI=1S/C16H24N4/c1-5-8-20-15(18-11-19-20)10-16(4,17)14-7-6-12(2)13(3)9-14/h6-7,9,11H,5,8,10,17H2,1-4H3. The molecule has 1 aromatic carbocycles. The predicted octanol–water partition coefficient (Wildman–Crippen LogP) is 2.72. The van der Waals surface area contributed by atoms with E-state index in [1.54, 1.807) is 6.33 Å². The average molecular weight is 272 g/mol. The highest BCUT2D eigenvalue weighted by molar-refractivity contribution is 5.34. The number of benzene rings is 1. The summed E-state index contributed by atoms with van der Waals surface area (Å²) in [7, 11) is 0. The van der Waals surface area contributed by atoms with E-state index >= 15 is 0 Å². The summed E-state index contributed by atoms with van der Waals surface area (Å²) in [4.78, 5) is 4.36. The van der Waals surface area contributed by atoms with Gasteiger partial charge >= 0.3 is 0 Å². The second kappa shape index (κ2) is 5.75. The van der Waals surface area contributed by atoms with E-state index in [0.717, 1.165) is 24.4 Å². The molecule has 0 amide bonds. The molecule has 1 aromatic heterocycles. The Kier molecular flexibility index (Phi) is 4.23. The molecule has 2 aromatic rings. The number of aromatic nitrogens is 3. The van der Waals surface area contributed by atoms with Crippen LogP contribution in [0.2, 0.25) is 0 Å². The molecule has 0 fully saturated rings. The zero-order valence-electron chi connectivity index (χ0n) is 12.8. The van der Waals surface area contributed by atoms with Crippen LogP contribution in [0.15, 0.2) is 24.5 Å². The molecule has 0 saturated heterocycles. The summed E-state index contributed by atoms with van der Waals surface area (Å²) in [5.74, 6) is 0.954. The molecule has 108 valence electrons. The van der Waals surface area contributed by atoms with Crippen molar-refractivity contribution in [1.29, 1.82) is 0 Å². The molecule has 4 heteroatoms. The topological polar surface area (TPSA) is 56.7 Å². The normalized spacial score (nSPS) is 14.2. The first-order valence-electron chi connectivity index (χ1n) is 7.17. The fourth-order valence-electron chi connectivity index (χ4n) is 2.35. The molecule has 1 unspecified atom stereocenters. The van der Waals surface area contributed by atoms with Gasteiger partial charge in [0.15, 0.2) is 0 Å². The zero-order valence-corrected chi connectivity index (χ0v) is 12.8. The molecular formula is C16H24N4. The Morgan fingerprint density at radius 2 is 2.00 bits per heavy atom. The molecule has 0 spiro atoms. The molecule has 2 N–H and O–H groups in total. The zero-order chi connectivity index (χ0) is 14.8. The molecule has 0 radical (unpaired) electrons. The van der Waals surface area contributed by atoms with Gasteiger partial charge < -0.3 is 5.73 Å². The van der Waals surface area contributed by atoms with Crippen molar-refractivity contribution in [3.63, 3.8) is 0 Å². The summed E-state index contributed by atoms with van der Waals surface area (Å²) < 4.78 is 1.95. The third kappa shape index (κ3) is 3.07. The van der Waals surface area contributed by atoms with Crippen molar-refractivity contribution >= 4 is 0 Å². The van der Waals surface area contributed by atoms with Gasteiger partial charge in [0.05, 0.1) is 0 Å². The van der Waals surface area contributed by atoms with Gasteiger partial charge in [-0.1, -0.05) is 25.1 Å². The smallest absolute Gasteiger partial charge is 0.138 e. The molecular weight excluding hydrogens is 248 g/mol. The minimum absolute atomic E-state index is 0.434. The Bertz CT molecular complexity index is 584. The van der Waals surface area contributed by atoms with E-state index in [2.05, 4.69) is 56.0 Å². The lowest BCUT2D eigenvalue weighted by atomic mass is 9.87. The first-order valence-corrected chi connectivity index (χ1v) is 7.17. The summed E-state index contributed by atoms with van der Waals surface area (Å²) >= 11 is 0. The Morgan fingerprint density at radius 3 is 2.65 bits per heavy atom. The van der Waals surface area contributed by atoms with Crippen LogP contribution in [0.3, 0.4) is 0 Å². The maximum atomic E-state index is 6.53. The molecule has 4 nitrogen and oxygen atoms in total. The summed E-state index contributed by atoms with van der Waals surface area (Å²) in [6, 6.07) is 6.42. The van der Waals surface area contributed by atoms with Gasteiger partial charge in [0.25, 0.3) is 0 Å². The largest absolute Gasteiger partial charge is 0.321 e. The van der Waals surface area contributed by atoms with Crippen LogP contribution >= 0.6 is 0 Å². The number of nitrogens with zero attached hydrogens (tertiary/aromatic N) is 3. The van der Waals surface area contributed by atoms with Gasteiger partial charge in [-0.15, -0.1) is 0 Å². The summed E-state index contributed by atoms with van der Waals surface area (Å²) in [6.07, 6.45) is 3.35. The minimum Gasteiger partial charge on any atom is -0.321 e. The number of aryl methyl sites for hydroxylation is 3. The van der Waals surface area contributed by atoms with E-state index in [9.17, 15) is 0 Å². The predicted molar refractivity (Wildman–Crippen MR) is 81.5 cm³/mol. The Morgan fingerprint density at radius 1 is 1.25 bits per heavy atom. The van der Waals surface area contributed by atoms with E-state index in [1.807, 2.05) is 4.68 Å². The van der Waals surface area contributed by atoms with Crippen LogP contribution in [-0.4, -0.2) is 14.8 Å². The van der Waals surface area contributed by atoms with Gasteiger partial charge in [0.2, 0.25) is 0 Å². The lowest BCUT2D eigenvalue weighted by Crippen LogP contribution is -2.36. The lowest BCUT2D eigenvalue weighted by Gasteiger charge is -2.25. The van der Waals surface area contributed by atoms with Gasteiger partial charge in [-0.2, -0.15) is 5.10 Å². The fraction of sp³-hybridized carbons (Fsp3) is 0.500. The van der Waals surface area contributed by atoms with Crippen LogP contribution in [0.5, 0.6) is 0 Å². The van der Waals surface area contributed by atoms with E-state index in [1.165, 1.54) is 11.1 Å². The van der Waals surface area contributed by atoms with Crippen molar-refractivity contribution in [2.75, 3.05) is 0 Å². The molecule has 0 aliphatic rings. The van der Waals surface area contributed by atoms with Crippen molar-refractivity contribution in [3.05, 3.63) is 47.0 Å². The monoisotopic (exact) mass is 272 g/mol. The van der Waals surface area contributed by atoms with Crippen LogP contribution in [-0.2, 0) is 18.5 Å². The molecule has 2 rings (SSSR count). The van der Waals surface area contributed by atoms with Crippen molar-refractivity contribution in [3.8, 4) is 0 Å². The van der Waals surface area contributed by atoms with Gasteiger partial charge in [-0.25, -0.2) is 4.98 Å². The summed E-state index contributed by atoms with van der Waals surface area (Å²) in [5.41, 5.74) is 9.81. The highest BCUT2D eigenvalue weighted by atomic mass is 15.3. The first-order chi connectivity index (χ1) is 9.44. The average Bonchev–Trinajstić information content (AvgIpc) is 2.80. The van der Waals surface area contributed by atoms with E-state index in [4.69, 9.17) is 5.73 Å². The SMILES string of the molecule is CCCn1ncnc1CC(C)(N)c1ccc(C)c(C)c1. The molecule has 0 aliphatic heterocycles. The summed E-state index contributed by atoms with van der Waals surface area (Å²) in [5, 5.41) is 4.27. The van der Waals surface area contributed by atoms with Crippen LogP contribution in [0, 0.1) is 13.8 Å². The molecule has 1 atom stereocenters. The van der Waals surface area contributed by atoms with Crippen molar-refractivity contribution in [1.82, 2.24) is 14.8 Å². The quantitative estimate of drug-likeness (QED) is 0.910. The van der Waals surface area contributed by atoms with Crippen molar-refractivity contribution in [2.45, 2.75) is 52.6 Å². The molecule has 0 aliphatic carbocycles. The van der Waals surface area contributed by atoms with Crippen LogP contribution in [0.1, 0.15) is 42.8 Å². The minimum atomic E-state index is -0.434. The number of hydrogen-bond acceptors (Lipinski definition) is 3. The second-order valence-corrected chi connectivity index (χ2v) is 5.79. The van der Waals surface area contributed by atoms with Gasteiger partial charge in [-0.3, -0.25) is 4.68 Å². The third-order valence-electron chi connectivity index (χ3n) is 3.82. The van der Waals surface area contributed by atoms with Gasteiger partial charge in [0, 0.05) is 18.5 Å². The number of rotatable bonds is 5. The fourth-order valence-corrected chi connectivity index (χ4v) is 2.35. The van der Waals surface area contributed by atoms with E-state index in [-0.39, 0.29) is 0 Å². The van der Waals surface area contributed by atoms with Gasteiger partial charge in [0.1, 0.15) is 12.2 Å². The first kappa shape index (κ1) is 14.7. The van der Waals surface area contributed by atoms with E-state index < -0.39 is 5.54 Å². The molecule has 0 saturated carbocycles. The maximum absolute atomic E-state index is 6.53. The van der Waals surface area contributed by atoms with Gasteiger partial charge in [-0.05, 0) is 43.9 Å². The molecule has 20 heavy (non-hydrogen) atoms. The van der Waals surface area contributed by atoms with Crippen molar-refractivity contribution < 1.29 is 0 Å².